The maximum Gasteiger partial charge on any atom is 0.254 e. The molecule has 0 aromatic heterocycles. The molecule has 0 fully saturated rings. The van der Waals surface area contributed by atoms with E-state index >= 15 is 0 Å². The lowest BCUT2D eigenvalue weighted by Gasteiger charge is -2.20. The van der Waals surface area contributed by atoms with E-state index in [9.17, 15) is 9.59 Å². The minimum atomic E-state index is -0.689. The van der Waals surface area contributed by atoms with Gasteiger partial charge in [0, 0.05) is 5.69 Å². The lowest BCUT2D eigenvalue weighted by Crippen LogP contribution is -2.47. The fraction of sp³-hybridized carbons (Fsp3) is 0.400. The summed E-state index contributed by atoms with van der Waals surface area (Å²) in [6, 6.07) is 7.82. The van der Waals surface area contributed by atoms with E-state index in [-0.39, 0.29) is 18.4 Å². The van der Waals surface area contributed by atoms with Gasteiger partial charge in [0.25, 0.3) is 5.91 Å². The Morgan fingerprint density at radius 2 is 2.00 bits per heavy atom. The molecule has 0 aliphatic rings. The second-order valence-electron chi connectivity index (χ2n) is 5.12. The Bertz CT molecular complexity index is 549. The Morgan fingerprint density at radius 1 is 1.33 bits per heavy atom. The van der Waals surface area contributed by atoms with Gasteiger partial charge in [-0.2, -0.15) is 5.26 Å². The molecule has 1 rings (SSSR count). The first-order chi connectivity index (χ1) is 9.95. The predicted octanol–water partition coefficient (Wildman–Crippen LogP) is 1.05. The van der Waals surface area contributed by atoms with Crippen LogP contribution in [-0.2, 0) is 4.79 Å². The van der Waals surface area contributed by atoms with Crippen LogP contribution in [0.25, 0.3) is 0 Å². The van der Waals surface area contributed by atoms with Gasteiger partial charge in [0.15, 0.2) is 0 Å². The number of nitrogens with two attached hydrogens (primary N) is 1. The molecule has 21 heavy (non-hydrogen) atoms. The van der Waals surface area contributed by atoms with Crippen molar-refractivity contribution >= 4 is 17.5 Å². The minimum Gasteiger partial charge on any atom is -0.398 e. The molecule has 0 aliphatic carbocycles. The zero-order chi connectivity index (χ0) is 15.8. The highest BCUT2D eigenvalue weighted by Crippen LogP contribution is 2.12. The average Bonchev–Trinajstić information content (AvgIpc) is 2.43. The van der Waals surface area contributed by atoms with Gasteiger partial charge in [-0.05, 0) is 24.5 Å². The third-order valence-corrected chi connectivity index (χ3v) is 2.88. The molecule has 6 heteroatoms. The van der Waals surface area contributed by atoms with Gasteiger partial charge in [0.05, 0.1) is 11.6 Å². The Hall–Kier alpha value is -2.55. The number of carbonyl (C=O) groups is 2. The Labute approximate surface area is 124 Å². The number of hydrogen-bond donors (Lipinski definition) is 3. The van der Waals surface area contributed by atoms with Gasteiger partial charge < -0.3 is 16.4 Å². The highest BCUT2D eigenvalue weighted by Gasteiger charge is 2.22. The maximum absolute atomic E-state index is 12.2. The number of hydrogen-bond acceptors (Lipinski definition) is 4. The molecule has 0 saturated carbocycles. The molecule has 0 radical (unpaired) electrons. The lowest BCUT2D eigenvalue weighted by molar-refractivity contribution is -0.123. The summed E-state index contributed by atoms with van der Waals surface area (Å²) in [7, 11) is 0. The normalized spacial score (nSPS) is 11.5. The quantitative estimate of drug-likeness (QED) is 0.537. The summed E-state index contributed by atoms with van der Waals surface area (Å²) in [4.78, 5) is 24.2. The van der Waals surface area contributed by atoms with E-state index in [0.717, 1.165) is 0 Å². The number of carbonyl (C=O) groups excluding carboxylic acids is 2. The molecule has 0 aliphatic heterocycles. The van der Waals surface area contributed by atoms with Crippen molar-refractivity contribution in [1.82, 2.24) is 10.6 Å². The highest BCUT2D eigenvalue weighted by atomic mass is 16.2. The number of para-hydroxylation sites is 1. The van der Waals surface area contributed by atoms with Crippen LogP contribution >= 0.6 is 0 Å². The summed E-state index contributed by atoms with van der Waals surface area (Å²) in [6.07, 6.45) is 0.482. The first kappa shape index (κ1) is 16.5. The van der Waals surface area contributed by atoms with Crippen molar-refractivity contribution in [1.29, 1.82) is 5.26 Å². The standard InChI is InChI=1S/C15H20N4O2/c1-10(2)9-13(15(21)18-8-7-16)19-14(20)11-5-3-4-6-12(11)17/h3-6,10,13H,8-9,17H2,1-2H3,(H,18,21)(H,19,20). The molecule has 0 heterocycles. The van der Waals surface area contributed by atoms with Crippen LogP contribution in [0, 0.1) is 17.2 Å². The number of rotatable bonds is 6. The molecule has 1 aromatic rings. The van der Waals surface area contributed by atoms with E-state index in [0.29, 0.717) is 17.7 Å². The van der Waals surface area contributed by atoms with Crippen molar-refractivity contribution in [3.8, 4) is 6.07 Å². The summed E-state index contributed by atoms with van der Waals surface area (Å²) in [5.74, 6) is -0.546. The molecule has 6 nitrogen and oxygen atoms in total. The highest BCUT2D eigenvalue weighted by molar-refractivity contribution is 6.01. The molecule has 2 amide bonds. The summed E-state index contributed by atoms with van der Waals surface area (Å²) < 4.78 is 0. The second kappa shape index (κ2) is 7.90. The van der Waals surface area contributed by atoms with Crippen LogP contribution < -0.4 is 16.4 Å². The van der Waals surface area contributed by atoms with Crippen molar-refractivity contribution < 1.29 is 9.59 Å². The fourth-order valence-electron chi connectivity index (χ4n) is 1.89. The van der Waals surface area contributed by atoms with Crippen molar-refractivity contribution in [2.75, 3.05) is 12.3 Å². The Kier molecular flexibility index (Phi) is 6.21. The number of nitrogen functional groups attached to an aromatic ring is 1. The SMILES string of the molecule is CC(C)CC(NC(=O)c1ccccc1N)C(=O)NCC#N. The molecule has 0 spiro atoms. The third-order valence-electron chi connectivity index (χ3n) is 2.88. The van der Waals surface area contributed by atoms with Crippen LogP contribution in [0.15, 0.2) is 24.3 Å². The molecular formula is C15H20N4O2. The number of amides is 2. The van der Waals surface area contributed by atoms with Gasteiger partial charge in [-0.15, -0.1) is 0 Å². The molecule has 1 unspecified atom stereocenters. The molecule has 4 N–H and O–H groups in total. The van der Waals surface area contributed by atoms with Crippen molar-refractivity contribution in [2.45, 2.75) is 26.3 Å². The Morgan fingerprint density at radius 3 is 2.57 bits per heavy atom. The van der Waals surface area contributed by atoms with Crippen LogP contribution in [0.5, 0.6) is 0 Å². The number of nitriles is 1. The van der Waals surface area contributed by atoms with Crippen molar-refractivity contribution in [3.63, 3.8) is 0 Å². The topological polar surface area (TPSA) is 108 Å². The third kappa shape index (κ3) is 5.15. The molecule has 0 saturated heterocycles. The summed E-state index contributed by atoms with van der Waals surface area (Å²) in [5.41, 5.74) is 6.44. The molecule has 112 valence electrons. The minimum absolute atomic E-state index is 0.0865. The number of nitrogens with one attached hydrogen (secondary N) is 2. The molecule has 1 atom stereocenters. The summed E-state index contributed by atoms with van der Waals surface area (Å²) >= 11 is 0. The molecular weight excluding hydrogens is 268 g/mol. The lowest BCUT2D eigenvalue weighted by atomic mass is 10.0. The van der Waals surface area contributed by atoms with Gasteiger partial charge in [0.1, 0.15) is 12.6 Å². The fourth-order valence-corrected chi connectivity index (χ4v) is 1.89. The van der Waals surface area contributed by atoms with E-state index in [1.807, 2.05) is 19.9 Å². The van der Waals surface area contributed by atoms with E-state index in [1.165, 1.54) is 0 Å². The van der Waals surface area contributed by atoms with Gasteiger partial charge >= 0.3 is 0 Å². The van der Waals surface area contributed by atoms with Crippen LogP contribution in [0.1, 0.15) is 30.6 Å². The van der Waals surface area contributed by atoms with E-state index in [2.05, 4.69) is 10.6 Å². The number of benzene rings is 1. The molecule has 1 aromatic carbocycles. The van der Waals surface area contributed by atoms with E-state index in [4.69, 9.17) is 11.0 Å². The van der Waals surface area contributed by atoms with Crippen LogP contribution in [0.2, 0.25) is 0 Å². The monoisotopic (exact) mass is 288 g/mol. The first-order valence-electron chi connectivity index (χ1n) is 6.75. The smallest absolute Gasteiger partial charge is 0.254 e. The average molecular weight is 288 g/mol. The Balaban J connectivity index is 2.81. The van der Waals surface area contributed by atoms with Crippen LogP contribution in [0.4, 0.5) is 5.69 Å². The first-order valence-corrected chi connectivity index (χ1v) is 6.75. The van der Waals surface area contributed by atoms with Crippen LogP contribution in [0.3, 0.4) is 0 Å². The van der Waals surface area contributed by atoms with E-state index in [1.54, 1.807) is 24.3 Å². The second-order valence-corrected chi connectivity index (χ2v) is 5.12. The predicted molar refractivity (Wildman–Crippen MR) is 80.2 cm³/mol. The van der Waals surface area contributed by atoms with Gasteiger partial charge in [-0.25, -0.2) is 0 Å². The maximum atomic E-state index is 12.2. The zero-order valence-electron chi connectivity index (χ0n) is 12.2. The van der Waals surface area contributed by atoms with Crippen LogP contribution in [-0.4, -0.2) is 24.4 Å². The summed E-state index contributed by atoms with van der Waals surface area (Å²) in [5, 5.41) is 13.6. The number of nitrogens with zero attached hydrogens (tertiary/aromatic N) is 1. The summed E-state index contributed by atoms with van der Waals surface area (Å²) in [6.45, 7) is 3.82. The zero-order valence-corrected chi connectivity index (χ0v) is 12.2. The van der Waals surface area contributed by atoms with Crippen molar-refractivity contribution in [3.05, 3.63) is 29.8 Å². The van der Waals surface area contributed by atoms with E-state index < -0.39 is 11.9 Å². The number of anilines is 1. The molecule has 0 bridgehead atoms. The van der Waals surface area contributed by atoms with Gasteiger partial charge in [-0.3, -0.25) is 9.59 Å². The largest absolute Gasteiger partial charge is 0.398 e. The van der Waals surface area contributed by atoms with Crippen molar-refractivity contribution in [2.24, 2.45) is 5.92 Å². The van der Waals surface area contributed by atoms with Gasteiger partial charge in [0.2, 0.25) is 5.91 Å². The van der Waals surface area contributed by atoms with Gasteiger partial charge in [-0.1, -0.05) is 26.0 Å².